The maximum absolute atomic E-state index is 12.8. The molecule has 0 atom stereocenters. The summed E-state index contributed by atoms with van der Waals surface area (Å²) in [7, 11) is -6.47. The quantitative estimate of drug-likeness (QED) is 0.516. The summed E-state index contributed by atoms with van der Waals surface area (Å²) in [5.74, 6) is 0.588. The number of methoxy groups -OCH3 is 1. The summed E-state index contributed by atoms with van der Waals surface area (Å²) in [6, 6.07) is 15.1. The van der Waals surface area contributed by atoms with Crippen LogP contribution in [0.5, 0.6) is 5.75 Å². The molecule has 0 unspecified atom stereocenters. The second-order valence-corrected chi connectivity index (χ2v) is 10.6. The first kappa shape index (κ1) is 22.9. The van der Waals surface area contributed by atoms with Gasteiger partial charge in [0.05, 0.1) is 22.7 Å². The number of ether oxygens (including phenoxy) is 1. The average molecular weight is 481 g/mol. The molecule has 0 fully saturated rings. The lowest BCUT2D eigenvalue weighted by Crippen LogP contribution is -2.16. The predicted molar refractivity (Wildman–Crippen MR) is 122 cm³/mol. The van der Waals surface area contributed by atoms with Crippen molar-refractivity contribution in [1.82, 2.24) is 0 Å². The fourth-order valence-electron chi connectivity index (χ4n) is 2.77. The van der Waals surface area contributed by atoms with Gasteiger partial charge in [-0.2, -0.15) is 0 Å². The van der Waals surface area contributed by atoms with Crippen molar-refractivity contribution in [2.24, 2.45) is 0 Å². The van der Waals surface area contributed by atoms with E-state index in [-0.39, 0.29) is 20.5 Å². The number of benzene rings is 3. The van der Waals surface area contributed by atoms with Crippen LogP contribution in [0.2, 0.25) is 5.02 Å². The van der Waals surface area contributed by atoms with E-state index in [1.165, 1.54) is 31.4 Å². The van der Waals surface area contributed by atoms with Gasteiger partial charge in [0.1, 0.15) is 10.6 Å². The first-order chi connectivity index (χ1) is 14.5. The highest BCUT2D eigenvalue weighted by atomic mass is 35.5. The molecular weight excluding hydrogens is 460 g/mol. The highest BCUT2D eigenvalue weighted by molar-refractivity contribution is 7.93. The molecule has 3 rings (SSSR count). The molecular formula is C21H21ClN2O5S2. The van der Waals surface area contributed by atoms with E-state index < -0.39 is 20.0 Å². The Kier molecular flexibility index (Phi) is 6.49. The van der Waals surface area contributed by atoms with Crippen LogP contribution in [0.25, 0.3) is 0 Å². The summed E-state index contributed by atoms with van der Waals surface area (Å²) in [4.78, 5) is -0.189. The molecule has 0 aliphatic heterocycles. The van der Waals surface area contributed by atoms with Gasteiger partial charge in [-0.3, -0.25) is 9.44 Å². The van der Waals surface area contributed by atoms with Gasteiger partial charge in [0.2, 0.25) is 0 Å². The highest BCUT2D eigenvalue weighted by Crippen LogP contribution is 2.28. The molecule has 0 saturated heterocycles. The largest absolute Gasteiger partial charge is 0.497 e. The van der Waals surface area contributed by atoms with Crippen LogP contribution in [0.3, 0.4) is 0 Å². The third-order valence-electron chi connectivity index (χ3n) is 4.48. The minimum Gasteiger partial charge on any atom is -0.497 e. The summed E-state index contributed by atoms with van der Waals surface area (Å²) in [5, 5.41) is 0.0788. The summed E-state index contributed by atoms with van der Waals surface area (Å²) in [5.41, 5.74) is 1.84. The first-order valence-electron chi connectivity index (χ1n) is 9.08. The van der Waals surface area contributed by atoms with Crippen LogP contribution in [-0.2, 0) is 20.0 Å². The normalized spacial score (nSPS) is 11.7. The highest BCUT2D eigenvalue weighted by Gasteiger charge is 2.21. The molecule has 2 N–H and O–H groups in total. The van der Waals surface area contributed by atoms with Gasteiger partial charge in [-0.15, -0.1) is 0 Å². The van der Waals surface area contributed by atoms with Crippen molar-refractivity contribution in [2.45, 2.75) is 23.6 Å². The SMILES string of the molecule is COc1ccc(NS(=O)(=O)c2ccc(C)c(NS(=O)(=O)c3ccc(C)cc3Cl)c2)cc1. The molecule has 7 nitrogen and oxygen atoms in total. The van der Waals surface area contributed by atoms with Gasteiger partial charge in [0.15, 0.2) is 0 Å². The zero-order valence-electron chi connectivity index (χ0n) is 17.0. The Labute approximate surface area is 187 Å². The number of hydrogen-bond acceptors (Lipinski definition) is 5. The van der Waals surface area contributed by atoms with Crippen molar-refractivity contribution in [1.29, 1.82) is 0 Å². The van der Waals surface area contributed by atoms with Gasteiger partial charge < -0.3 is 4.74 Å². The van der Waals surface area contributed by atoms with Crippen LogP contribution < -0.4 is 14.2 Å². The van der Waals surface area contributed by atoms with Crippen LogP contribution in [0.1, 0.15) is 11.1 Å². The molecule has 3 aromatic carbocycles. The second-order valence-electron chi connectivity index (χ2n) is 6.85. The topological polar surface area (TPSA) is 102 Å². The van der Waals surface area contributed by atoms with E-state index in [0.717, 1.165) is 5.56 Å². The fraction of sp³-hybridized carbons (Fsp3) is 0.143. The van der Waals surface area contributed by atoms with E-state index >= 15 is 0 Å². The monoisotopic (exact) mass is 480 g/mol. The number of nitrogens with one attached hydrogen (secondary N) is 2. The van der Waals surface area contributed by atoms with Crippen LogP contribution in [0.15, 0.2) is 70.5 Å². The van der Waals surface area contributed by atoms with E-state index in [4.69, 9.17) is 16.3 Å². The Bertz CT molecular complexity index is 1320. The van der Waals surface area contributed by atoms with Crippen LogP contribution >= 0.6 is 11.6 Å². The minimum atomic E-state index is -4.02. The Morgan fingerprint density at radius 2 is 1.48 bits per heavy atom. The van der Waals surface area contributed by atoms with Gasteiger partial charge in [0, 0.05) is 5.69 Å². The maximum atomic E-state index is 12.8. The molecule has 0 aromatic heterocycles. The van der Waals surface area contributed by atoms with Gasteiger partial charge in [-0.25, -0.2) is 16.8 Å². The van der Waals surface area contributed by atoms with Crippen LogP contribution in [-0.4, -0.2) is 23.9 Å². The molecule has 0 spiro atoms. The molecule has 164 valence electrons. The van der Waals surface area contributed by atoms with Gasteiger partial charge in [-0.05, 0) is 73.5 Å². The maximum Gasteiger partial charge on any atom is 0.263 e. The van der Waals surface area contributed by atoms with Crippen LogP contribution in [0, 0.1) is 13.8 Å². The summed E-state index contributed by atoms with van der Waals surface area (Å²) in [6.45, 7) is 3.46. The number of sulfonamides is 2. The number of halogens is 1. The Balaban J connectivity index is 1.91. The van der Waals surface area contributed by atoms with E-state index in [0.29, 0.717) is 17.0 Å². The zero-order chi connectivity index (χ0) is 22.8. The lowest BCUT2D eigenvalue weighted by Gasteiger charge is -2.14. The van der Waals surface area contributed by atoms with Gasteiger partial charge in [-0.1, -0.05) is 23.7 Å². The van der Waals surface area contributed by atoms with Crippen molar-refractivity contribution < 1.29 is 21.6 Å². The van der Waals surface area contributed by atoms with Gasteiger partial charge in [0.25, 0.3) is 20.0 Å². The molecule has 0 heterocycles. The Morgan fingerprint density at radius 1 is 0.806 bits per heavy atom. The van der Waals surface area contributed by atoms with E-state index in [9.17, 15) is 16.8 Å². The first-order valence-corrected chi connectivity index (χ1v) is 12.4. The van der Waals surface area contributed by atoms with Gasteiger partial charge >= 0.3 is 0 Å². The van der Waals surface area contributed by atoms with Crippen molar-refractivity contribution in [2.75, 3.05) is 16.6 Å². The smallest absolute Gasteiger partial charge is 0.263 e. The lowest BCUT2D eigenvalue weighted by molar-refractivity contribution is 0.415. The van der Waals surface area contributed by atoms with E-state index in [1.807, 2.05) is 0 Å². The van der Waals surface area contributed by atoms with Crippen LogP contribution in [0.4, 0.5) is 11.4 Å². The summed E-state index contributed by atoms with van der Waals surface area (Å²) in [6.07, 6.45) is 0. The molecule has 10 heteroatoms. The molecule has 0 aliphatic rings. The van der Waals surface area contributed by atoms with Crippen molar-refractivity contribution in [3.63, 3.8) is 0 Å². The number of hydrogen-bond donors (Lipinski definition) is 2. The fourth-order valence-corrected chi connectivity index (χ4v) is 5.58. The van der Waals surface area contributed by atoms with Crippen molar-refractivity contribution in [3.05, 3.63) is 76.8 Å². The molecule has 0 bridgehead atoms. The zero-order valence-corrected chi connectivity index (χ0v) is 19.4. The number of rotatable bonds is 7. The van der Waals surface area contributed by atoms with E-state index in [1.54, 1.807) is 50.2 Å². The molecule has 31 heavy (non-hydrogen) atoms. The summed E-state index contributed by atoms with van der Waals surface area (Å²) < 4.78 is 61.2. The Morgan fingerprint density at radius 3 is 2.10 bits per heavy atom. The predicted octanol–water partition coefficient (Wildman–Crippen LogP) is 4.57. The third-order valence-corrected chi connectivity index (χ3v) is 7.71. The molecule has 0 saturated carbocycles. The number of aryl methyl sites for hydroxylation is 2. The molecule has 0 radical (unpaired) electrons. The average Bonchev–Trinajstić information content (AvgIpc) is 2.69. The molecule has 0 amide bonds. The standard InChI is InChI=1S/C21H21ClN2O5S2/c1-14-4-11-21(19(22)12-14)31(27,28)24-20-13-18(10-5-15(20)2)30(25,26)23-16-6-8-17(29-3)9-7-16/h4-13,23-24H,1-3H3. The lowest BCUT2D eigenvalue weighted by atomic mass is 10.2. The summed E-state index contributed by atoms with van der Waals surface area (Å²) >= 11 is 6.10. The number of anilines is 2. The third kappa shape index (κ3) is 5.30. The van der Waals surface area contributed by atoms with Crippen molar-refractivity contribution in [3.8, 4) is 5.75 Å². The Hall–Kier alpha value is -2.75. The van der Waals surface area contributed by atoms with E-state index in [2.05, 4.69) is 9.44 Å². The molecule has 0 aliphatic carbocycles. The minimum absolute atomic E-state index is 0.0788. The van der Waals surface area contributed by atoms with Crippen molar-refractivity contribution >= 4 is 43.0 Å². The second kappa shape index (κ2) is 8.78. The molecule has 3 aromatic rings.